The minimum absolute atomic E-state index is 0.225. The van der Waals surface area contributed by atoms with Crippen molar-refractivity contribution in [3.05, 3.63) is 29.3 Å². The molecule has 1 aromatic rings. The number of anilines is 1. The Balaban J connectivity index is 1.99. The van der Waals surface area contributed by atoms with Crippen LogP contribution in [-0.2, 0) is 14.3 Å². The molecule has 1 heterocycles. The molecule has 2 amide bonds. The number of para-hydroxylation sites is 1. The molecule has 7 heteroatoms. The molecule has 0 radical (unpaired) electrons. The van der Waals surface area contributed by atoms with Crippen LogP contribution in [0.15, 0.2) is 18.2 Å². The quantitative estimate of drug-likeness (QED) is 0.623. The maximum atomic E-state index is 12.2. The number of aryl methyl sites for hydroxylation is 1. The van der Waals surface area contributed by atoms with Crippen LogP contribution in [0.1, 0.15) is 35.2 Å². The van der Waals surface area contributed by atoms with Gasteiger partial charge < -0.3 is 21.1 Å². The molecular weight excluding hydrogens is 298 g/mol. The normalized spacial score (nSPS) is 17.6. The third-order valence-electron chi connectivity index (χ3n) is 4.02. The number of benzene rings is 1. The fourth-order valence-corrected chi connectivity index (χ4v) is 2.67. The number of hydrogen-bond acceptors (Lipinski definition) is 5. The Hall–Kier alpha value is -2.57. The van der Waals surface area contributed by atoms with Crippen LogP contribution in [0, 0.1) is 6.92 Å². The molecule has 124 valence electrons. The molecule has 1 atom stereocenters. The molecule has 1 aromatic carbocycles. The second-order valence-electron chi connectivity index (χ2n) is 5.61. The van der Waals surface area contributed by atoms with Gasteiger partial charge in [0.15, 0.2) is 6.61 Å². The van der Waals surface area contributed by atoms with Gasteiger partial charge >= 0.3 is 5.97 Å². The summed E-state index contributed by atoms with van der Waals surface area (Å²) >= 11 is 0. The van der Waals surface area contributed by atoms with Gasteiger partial charge in [-0.15, -0.1) is 0 Å². The molecule has 2 rings (SSSR count). The third-order valence-corrected chi connectivity index (χ3v) is 4.02. The minimum atomic E-state index is -0.660. The summed E-state index contributed by atoms with van der Waals surface area (Å²) in [5, 5.41) is 0. The van der Waals surface area contributed by atoms with Crippen molar-refractivity contribution in [3.8, 4) is 0 Å². The Bertz CT molecular complexity index is 630. The first-order valence-electron chi connectivity index (χ1n) is 7.53. The van der Waals surface area contributed by atoms with Crippen molar-refractivity contribution in [2.75, 3.05) is 18.9 Å². The van der Waals surface area contributed by atoms with E-state index in [0.717, 1.165) is 18.4 Å². The fourth-order valence-electron chi connectivity index (χ4n) is 2.67. The summed E-state index contributed by atoms with van der Waals surface area (Å²) in [5.74, 6) is -1.62. The highest BCUT2D eigenvalue weighted by Gasteiger charge is 2.31. The Morgan fingerprint density at radius 2 is 2.04 bits per heavy atom. The van der Waals surface area contributed by atoms with E-state index in [1.807, 2.05) is 0 Å². The largest absolute Gasteiger partial charge is 0.452 e. The lowest BCUT2D eigenvalue weighted by Gasteiger charge is -2.33. The molecule has 1 saturated heterocycles. The van der Waals surface area contributed by atoms with Gasteiger partial charge in [-0.2, -0.15) is 0 Å². The molecule has 1 fully saturated rings. The van der Waals surface area contributed by atoms with Gasteiger partial charge in [0.05, 0.1) is 5.56 Å². The summed E-state index contributed by atoms with van der Waals surface area (Å²) in [4.78, 5) is 37.1. The molecule has 0 aromatic heterocycles. The number of carbonyl (C=O) groups excluding carboxylic acids is 3. The lowest BCUT2D eigenvalue weighted by Crippen LogP contribution is -2.51. The van der Waals surface area contributed by atoms with Crippen molar-refractivity contribution < 1.29 is 19.1 Å². The molecule has 0 bridgehead atoms. The van der Waals surface area contributed by atoms with Gasteiger partial charge in [0.1, 0.15) is 6.04 Å². The number of likely N-dealkylation sites (tertiary alicyclic amines) is 1. The minimum Gasteiger partial charge on any atom is -0.452 e. The smallest absolute Gasteiger partial charge is 0.340 e. The summed E-state index contributed by atoms with van der Waals surface area (Å²) in [6.07, 6.45) is 2.19. The van der Waals surface area contributed by atoms with Crippen LogP contribution in [0.5, 0.6) is 0 Å². The van der Waals surface area contributed by atoms with Crippen molar-refractivity contribution in [1.82, 2.24) is 4.90 Å². The van der Waals surface area contributed by atoms with Gasteiger partial charge in [0.2, 0.25) is 5.91 Å². The number of rotatable bonds is 4. The highest BCUT2D eigenvalue weighted by Crippen LogP contribution is 2.19. The van der Waals surface area contributed by atoms with Gasteiger partial charge in [0, 0.05) is 12.2 Å². The van der Waals surface area contributed by atoms with E-state index in [4.69, 9.17) is 16.2 Å². The molecule has 0 unspecified atom stereocenters. The Morgan fingerprint density at radius 3 is 2.74 bits per heavy atom. The van der Waals surface area contributed by atoms with E-state index >= 15 is 0 Å². The number of primary amides is 1. The molecule has 7 nitrogen and oxygen atoms in total. The average molecular weight is 319 g/mol. The van der Waals surface area contributed by atoms with Crippen LogP contribution in [0.25, 0.3) is 0 Å². The van der Waals surface area contributed by atoms with Gasteiger partial charge in [-0.3, -0.25) is 9.59 Å². The van der Waals surface area contributed by atoms with Crippen LogP contribution >= 0.6 is 0 Å². The van der Waals surface area contributed by atoms with E-state index in [-0.39, 0.29) is 5.56 Å². The lowest BCUT2D eigenvalue weighted by molar-refractivity contribution is -0.143. The molecule has 0 aliphatic carbocycles. The van der Waals surface area contributed by atoms with Crippen molar-refractivity contribution in [2.45, 2.75) is 32.2 Å². The lowest BCUT2D eigenvalue weighted by atomic mass is 10.0. The highest BCUT2D eigenvalue weighted by molar-refractivity contribution is 5.97. The average Bonchev–Trinajstić information content (AvgIpc) is 2.54. The number of ether oxygens (including phenoxy) is 1. The number of amides is 2. The zero-order valence-electron chi connectivity index (χ0n) is 13.1. The molecule has 4 N–H and O–H groups in total. The Labute approximate surface area is 134 Å². The number of nitrogens with zero attached hydrogens (tertiary/aromatic N) is 1. The van der Waals surface area contributed by atoms with Gasteiger partial charge in [0.25, 0.3) is 5.91 Å². The van der Waals surface area contributed by atoms with Crippen molar-refractivity contribution >= 4 is 23.5 Å². The predicted molar refractivity (Wildman–Crippen MR) is 84.4 cm³/mol. The summed E-state index contributed by atoms with van der Waals surface area (Å²) < 4.78 is 5.04. The first kappa shape index (κ1) is 16.8. The van der Waals surface area contributed by atoms with E-state index in [2.05, 4.69) is 0 Å². The maximum Gasteiger partial charge on any atom is 0.340 e. The van der Waals surface area contributed by atoms with E-state index in [0.29, 0.717) is 18.7 Å². The number of piperidine rings is 1. The maximum absolute atomic E-state index is 12.2. The van der Waals surface area contributed by atoms with Gasteiger partial charge in [-0.05, 0) is 37.8 Å². The number of nitrogen functional groups attached to an aromatic ring is 1. The fraction of sp³-hybridized carbons (Fsp3) is 0.438. The number of carbonyl (C=O) groups is 3. The number of nitrogens with two attached hydrogens (primary N) is 2. The van der Waals surface area contributed by atoms with E-state index in [1.54, 1.807) is 25.1 Å². The first-order chi connectivity index (χ1) is 10.9. The van der Waals surface area contributed by atoms with Crippen LogP contribution in [-0.4, -0.2) is 41.9 Å². The molecule has 23 heavy (non-hydrogen) atoms. The number of esters is 1. The topological polar surface area (TPSA) is 116 Å². The molecule has 1 aliphatic heterocycles. The summed E-state index contributed by atoms with van der Waals surface area (Å²) in [6, 6.07) is 4.39. The van der Waals surface area contributed by atoms with Crippen molar-refractivity contribution in [1.29, 1.82) is 0 Å². The molecular formula is C16H21N3O4. The Morgan fingerprint density at radius 1 is 1.30 bits per heavy atom. The van der Waals surface area contributed by atoms with Gasteiger partial charge in [-0.1, -0.05) is 12.1 Å². The van der Waals surface area contributed by atoms with Gasteiger partial charge in [-0.25, -0.2) is 4.79 Å². The summed E-state index contributed by atoms with van der Waals surface area (Å²) in [5.41, 5.74) is 12.5. The first-order valence-corrected chi connectivity index (χ1v) is 7.53. The van der Waals surface area contributed by atoms with E-state index < -0.39 is 30.4 Å². The standard InChI is InChI=1S/C16H21N3O4/c1-10-5-4-6-11(14(10)17)16(22)23-9-13(20)19-8-3-2-7-12(19)15(18)21/h4-6,12H,2-3,7-9,17H2,1H3,(H2,18,21)/t12-/m0/s1. The summed E-state index contributed by atoms with van der Waals surface area (Å²) in [6.45, 7) is 1.79. The highest BCUT2D eigenvalue weighted by atomic mass is 16.5. The van der Waals surface area contributed by atoms with Crippen LogP contribution in [0.4, 0.5) is 5.69 Å². The molecule has 0 spiro atoms. The second kappa shape index (κ2) is 7.13. The zero-order valence-corrected chi connectivity index (χ0v) is 13.1. The monoisotopic (exact) mass is 319 g/mol. The number of hydrogen-bond donors (Lipinski definition) is 2. The zero-order chi connectivity index (χ0) is 17.0. The van der Waals surface area contributed by atoms with Crippen molar-refractivity contribution in [2.24, 2.45) is 5.73 Å². The molecule has 0 saturated carbocycles. The third kappa shape index (κ3) is 3.80. The second-order valence-corrected chi connectivity index (χ2v) is 5.61. The Kier molecular flexibility index (Phi) is 5.20. The van der Waals surface area contributed by atoms with Crippen LogP contribution in [0.2, 0.25) is 0 Å². The predicted octanol–water partition coefficient (Wildman–Crippen LogP) is 0.600. The van der Waals surface area contributed by atoms with E-state index in [1.165, 1.54) is 4.90 Å². The van der Waals surface area contributed by atoms with Crippen LogP contribution < -0.4 is 11.5 Å². The SMILES string of the molecule is Cc1cccc(C(=O)OCC(=O)N2CCCC[C@H]2C(N)=O)c1N. The van der Waals surface area contributed by atoms with Crippen molar-refractivity contribution in [3.63, 3.8) is 0 Å². The van der Waals surface area contributed by atoms with Crippen LogP contribution in [0.3, 0.4) is 0 Å². The van der Waals surface area contributed by atoms with E-state index in [9.17, 15) is 14.4 Å². The molecule has 1 aliphatic rings. The summed E-state index contributed by atoms with van der Waals surface area (Å²) in [7, 11) is 0.